The lowest BCUT2D eigenvalue weighted by Crippen LogP contribution is -2.45. The van der Waals surface area contributed by atoms with Gasteiger partial charge in [0, 0.05) is 12.8 Å². The van der Waals surface area contributed by atoms with E-state index in [4.69, 9.17) is 4.74 Å². The number of aliphatic hydroxyl groups is 2. The number of hydrogen-bond acceptors (Lipinski definition) is 5. The molecule has 6 nitrogen and oxygen atoms in total. The summed E-state index contributed by atoms with van der Waals surface area (Å²) in [5.41, 5.74) is 0. The molecule has 0 fully saturated rings. The highest BCUT2D eigenvalue weighted by atomic mass is 16.5. The third-order valence-electron chi connectivity index (χ3n) is 15.9. The van der Waals surface area contributed by atoms with Gasteiger partial charge in [-0.3, -0.25) is 9.59 Å². The first-order valence-electron chi connectivity index (χ1n) is 34.3. The summed E-state index contributed by atoms with van der Waals surface area (Å²) >= 11 is 0. The fourth-order valence-electron chi connectivity index (χ4n) is 10.7. The maximum atomic E-state index is 12.5. The molecule has 0 aromatic rings. The van der Waals surface area contributed by atoms with E-state index >= 15 is 0 Å². The molecule has 0 aliphatic heterocycles. The van der Waals surface area contributed by atoms with E-state index in [0.717, 1.165) is 51.4 Å². The summed E-state index contributed by atoms with van der Waals surface area (Å²) in [5.74, 6) is -0.0579. The molecule has 0 saturated heterocycles. The van der Waals surface area contributed by atoms with Crippen molar-refractivity contribution in [2.75, 3.05) is 13.2 Å². The fourth-order valence-corrected chi connectivity index (χ4v) is 10.7. The van der Waals surface area contributed by atoms with Crippen LogP contribution in [-0.2, 0) is 14.3 Å². The number of rotatable bonds is 64. The minimum atomic E-state index is -0.845. The number of hydrogen-bond donors (Lipinski definition) is 3. The molecule has 0 saturated carbocycles. The molecule has 76 heavy (non-hydrogen) atoms. The van der Waals surface area contributed by atoms with Crippen LogP contribution in [0.2, 0.25) is 0 Å². The Hall–Kier alpha value is -1.92. The number of esters is 1. The molecule has 0 rings (SSSR count). The molecular formula is C70H133NO5. The van der Waals surface area contributed by atoms with Crippen molar-refractivity contribution < 1.29 is 24.5 Å². The predicted molar refractivity (Wildman–Crippen MR) is 333 cm³/mol. The van der Waals surface area contributed by atoms with Gasteiger partial charge in [0.15, 0.2) is 0 Å². The molecule has 0 aromatic carbocycles. The predicted octanol–water partition coefficient (Wildman–Crippen LogP) is 21.9. The van der Waals surface area contributed by atoms with Crippen LogP contribution in [0.3, 0.4) is 0 Å². The number of amides is 1. The van der Waals surface area contributed by atoms with Gasteiger partial charge in [0.1, 0.15) is 0 Å². The average molecular weight is 1070 g/mol. The van der Waals surface area contributed by atoms with Crippen molar-refractivity contribution >= 4 is 11.9 Å². The molecular weight excluding hydrogens is 935 g/mol. The smallest absolute Gasteiger partial charge is 0.305 e. The van der Waals surface area contributed by atoms with Gasteiger partial charge >= 0.3 is 5.97 Å². The first kappa shape index (κ1) is 74.1. The molecule has 0 spiro atoms. The van der Waals surface area contributed by atoms with E-state index in [1.165, 1.54) is 295 Å². The highest BCUT2D eigenvalue weighted by Gasteiger charge is 2.18. The van der Waals surface area contributed by atoms with Gasteiger partial charge in [-0.2, -0.15) is 0 Å². The fraction of sp³-hybridized carbons (Fsp3) is 0.886. The van der Waals surface area contributed by atoms with Gasteiger partial charge < -0.3 is 20.3 Å². The van der Waals surface area contributed by atoms with Gasteiger partial charge in [-0.25, -0.2) is 0 Å². The van der Waals surface area contributed by atoms with Crippen LogP contribution in [0, 0.1) is 0 Å². The summed E-state index contributed by atoms with van der Waals surface area (Å²) in [4.78, 5) is 24.6. The standard InChI is InChI=1S/C70H133NO5/c1-3-5-7-9-11-13-15-17-19-21-27-31-34-38-42-46-50-54-58-62-68(73)67(66-72)71-69(74)63-59-55-51-47-43-39-35-32-28-25-23-22-24-26-29-33-37-41-45-49-53-57-61-65-76-70(75)64-60-56-52-48-44-40-36-30-20-18-16-14-12-10-8-6-4-2/h12,14,18,20,58,62,67-68,72-73H,3-11,13,15-17,19,21-57,59-61,63-66H2,1-2H3,(H,71,74)/b14-12-,20-18-,62-58+. The van der Waals surface area contributed by atoms with Crippen molar-refractivity contribution in [1.29, 1.82) is 0 Å². The molecule has 0 aliphatic rings. The second kappa shape index (κ2) is 65.6. The summed E-state index contributed by atoms with van der Waals surface area (Å²) in [6.07, 6.45) is 83.5. The van der Waals surface area contributed by atoms with E-state index < -0.39 is 12.1 Å². The van der Waals surface area contributed by atoms with Gasteiger partial charge in [-0.15, -0.1) is 0 Å². The van der Waals surface area contributed by atoms with E-state index in [-0.39, 0.29) is 18.5 Å². The Balaban J connectivity index is 3.40. The van der Waals surface area contributed by atoms with Gasteiger partial charge in [0.2, 0.25) is 5.91 Å². The topological polar surface area (TPSA) is 95.9 Å². The Morgan fingerprint density at radius 1 is 0.368 bits per heavy atom. The second-order valence-corrected chi connectivity index (χ2v) is 23.5. The number of aliphatic hydroxyl groups excluding tert-OH is 2. The molecule has 0 aromatic heterocycles. The number of carbonyl (C=O) groups excluding carboxylic acids is 2. The third kappa shape index (κ3) is 61.3. The Morgan fingerprint density at radius 2 is 0.658 bits per heavy atom. The van der Waals surface area contributed by atoms with Crippen LogP contribution in [0.4, 0.5) is 0 Å². The first-order chi connectivity index (χ1) is 37.5. The minimum Gasteiger partial charge on any atom is -0.466 e. The summed E-state index contributed by atoms with van der Waals surface area (Å²) in [6, 6.07) is -0.628. The summed E-state index contributed by atoms with van der Waals surface area (Å²) in [5, 5.41) is 23.2. The summed E-state index contributed by atoms with van der Waals surface area (Å²) in [7, 11) is 0. The van der Waals surface area contributed by atoms with Crippen molar-refractivity contribution in [3.63, 3.8) is 0 Å². The lowest BCUT2D eigenvalue weighted by molar-refractivity contribution is -0.143. The molecule has 3 N–H and O–H groups in total. The number of ether oxygens (including phenoxy) is 1. The van der Waals surface area contributed by atoms with Crippen LogP contribution in [0.25, 0.3) is 0 Å². The van der Waals surface area contributed by atoms with Crippen molar-refractivity contribution in [1.82, 2.24) is 5.32 Å². The van der Waals surface area contributed by atoms with Crippen LogP contribution in [0.1, 0.15) is 373 Å². The van der Waals surface area contributed by atoms with E-state index in [9.17, 15) is 19.8 Å². The molecule has 2 unspecified atom stereocenters. The zero-order valence-corrected chi connectivity index (χ0v) is 51.3. The number of unbranched alkanes of at least 4 members (excludes halogenated alkanes) is 49. The van der Waals surface area contributed by atoms with Crippen molar-refractivity contribution in [3.05, 3.63) is 36.5 Å². The largest absolute Gasteiger partial charge is 0.466 e. The molecule has 448 valence electrons. The maximum Gasteiger partial charge on any atom is 0.305 e. The molecule has 0 aliphatic carbocycles. The molecule has 0 radical (unpaired) electrons. The molecule has 0 bridgehead atoms. The molecule has 2 atom stereocenters. The Kier molecular flexibility index (Phi) is 63.9. The quantitative estimate of drug-likeness (QED) is 0.0320. The van der Waals surface area contributed by atoms with Crippen LogP contribution < -0.4 is 5.32 Å². The second-order valence-electron chi connectivity index (χ2n) is 23.5. The van der Waals surface area contributed by atoms with Crippen LogP contribution in [-0.4, -0.2) is 47.4 Å². The van der Waals surface area contributed by atoms with E-state index in [1.54, 1.807) is 6.08 Å². The van der Waals surface area contributed by atoms with Crippen molar-refractivity contribution in [3.8, 4) is 0 Å². The minimum absolute atomic E-state index is 0.00657. The zero-order valence-electron chi connectivity index (χ0n) is 51.3. The van der Waals surface area contributed by atoms with E-state index in [1.807, 2.05) is 6.08 Å². The number of carbonyl (C=O) groups is 2. The molecule has 6 heteroatoms. The number of allylic oxidation sites excluding steroid dienone is 5. The van der Waals surface area contributed by atoms with Gasteiger partial charge in [0.05, 0.1) is 25.4 Å². The van der Waals surface area contributed by atoms with Crippen LogP contribution in [0.15, 0.2) is 36.5 Å². The monoisotopic (exact) mass is 1070 g/mol. The Bertz CT molecular complexity index is 1230. The summed E-state index contributed by atoms with van der Waals surface area (Å²) in [6.45, 7) is 4.90. The molecule has 0 heterocycles. The SMILES string of the molecule is CCCCC/C=C\C/C=C\CCCCCCCCCC(=O)OCCCCCCCCCCCCCCCCCCCCCCCCCC(=O)NC(CO)C(O)/C=C/CCCCCCCCCCCCCCCCCCC. The highest BCUT2D eigenvalue weighted by Crippen LogP contribution is 2.18. The number of nitrogens with one attached hydrogen (secondary N) is 1. The van der Waals surface area contributed by atoms with Crippen LogP contribution in [0.5, 0.6) is 0 Å². The third-order valence-corrected chi connectivity index (χ3v) is 15.9. The van der Waals surface area contributed by atoms with Gasteiger partial charge in [0.25, 0.3) is 0 Å². The zero-order chi connectivity index (χ0) is 55.0. The van der Waals surface area contributed by atoms with Gasteiger partial charge in [-0.1, -0.05) is 333 Å². The van der Waals surface area contributed by atoms with Crippen molar-refractivity contribution in [2.24, 2.45) is 0 Å². The summed E-state index contributed by atoms with van der Waals surface area (Å²) < 4.78 is 5.50. The maximum absolute atomic E-state index is 12.5. The van der Waals surface area contributed by atoms with Crippen LogP contribution >= 0.6 is 0 Å². The van der Waals surface area contributed by atoms with Crippen molar-refractivity contribution in [2.45, 2.75) is 386 Å². The van der Waals surface area contributed by atoms with Gasteiger partial charge in [-0.05, 0) is 64.2 Å². The lowest BCUT2D eigenvalue weighted by atomic mass is 10.0. The Morgan fingerprint density at radius 3 is 1.03 bits per heavy atom. The normalized spacial score (nSPS) is 12.7. The van der Waals surface area contributed by atoms with E-state index in [0.29, 0.717) is 19.4 Å². The highest BCUT2D eigenvalue weighted by molar-refractivity contribution is 5.76. The van der Waals surface area contributed by atoms with E-state index in [2.05, 4.69) is 43.5 Å². The lowest BCUT2D eigenvalue weighted by Gasteiger charge is -2.20. The molecule has 1 amide bonds. The average Bonchev–Trinajstić information content (AvgIpc) is 3.42. The Labute approximate surface area is 474 Å². The first-order valence-corrected chi connectivity index (χ1v) is 34.3.